The molecule has 0 aliphatic carbocycles. The summed E-state index contributed by atoms with van der Waals surface area (Å²) in [6, 6.07) is 0. The van der Waals surface area contributed by atoms with Crippen molar-refractivity contribution in [3.63, 3.8) is 0 Å². The number of hydrogen-bond donors (Lipinski definition) is 0. The van der Waals surface area contributed by atoms with E-state index in [1.54, 1.807) is 0 Å². The molecule has 0 spiro atoms. The van der Waals surface area contributed by atoms with Crippen molar-refractivity contribution < 1.29 is 111 Å². The molecular formula is EuPd3. The van der Waals surface area contributed by atoms with Crippen molar-refractivity contribution in [1.82, 2.24) is 0 Å². The number of rotatable bonds is 0. The van der Waals surface area contributed by atoms with Gasteiger partial charge >= 0.3 is 0 Å². The fraction of sp³-hybridized carbons (Fsp3) is 0. The monoisotopic (exact) mass is 471 g/mol. The van der Waals surface area contributed by atoms with Crippen LogP contribution in [-0.2, 0) is 61.3 Å². The summed E-state index contributed by atoms with van der Waals surface area (Å²) < 4.78 is 0. The molecule has 0 aliphatic heterocycles. The molecular weight excluding hydrogens is 471 g/mol. The van der Waals surface area contributed by atoms with Crippen molar-refractivity contribution in [2.24, 2.45) is 0 Å². The van der Waals surface area contributed by atoms with Crippen LogP contribution in [0.5, 0.6) is 0 Å². The van der Waals surface area contributed by atoms with Gasteiger partial charge < -0.3 is 0 Å². The van der Waals surface area contributed by atoms with Crippen LogP contribution in [0.4, 0.5) is 0 Å². The second kappa shape index (κ2) is 16.0. The molecule has 0 aromatic carbocycles. The molecule has 0 N–H and O–H groups in total. The van der Waals surface area contributed by atoms with E-state index >= 15 is 0 Å². The molecule has 0 aromatic heterocycles. The van der Waals surface area contributed by atoms with Gasteiger partial charge in [0.05, 0.1) is 0 Å². The van der Waals surface area contributed by atoms with Gasteiger partial charge in [-0.3, -0.25) is 0 Å². The molecule has 0 bridgehead atoms. The Morgan fingerprint density at radius 2 is 0.500 bits per heavy atom. The Bertz CT molecular complexity index is 3.25. The van der Waals surface area contributed by atoms with E-state index in [4.69, 9.17) is 0 Å². The zero-order valence-corrected chi connectivity index (χ0v) is 8.42. The maximum absolute atomic E-state index is 0. The van der Waals surface area contributed by atoms with Gasteiger partial charge in [-0.2, -0.15) is 0 Å². The van der Waals surface area contributed by atoms with E-state index in [1.807, 2.05) is 0 Å². The van der Waals surface area contributed by atoms with Gasteiger partial charge in [-0.15, -0.1) is 0 Å². The predicted molar refractivity (Wildman–Crippen MR) is 0 cm³/mol. The van der Waals surface area contributed by atoms with Gasteiger partial charge in [0.1, 0.15) is 0 Å². The molecule has 4 heavy (non-hydrogen) atoms. The summed E-state index contributed by atoms with van der Waals surface area (Å²) in [5, 5.41) is 0. The van der Waals surface area contributed by atoms with Crippen molar-refractivity contribution in [3.8, 4) is 0 Å². The summed E-state index contributed by atoms with van der Waals surface area (Å²) in [6.45, 7) is 0. The van der Waals surface area contributed by atoms with E-state index < -0.39 is 0 Å². The Labute approximate surface area is 108 Å². The third kappa shape index (κ3) is 9.13. The first-order valence-electron chi connectivity index (χ1n) is 0. The van der Waals surface area contributed by atoms with Gasteiger partial charge in [-0.25, -0.2) is 0 Å². The minimum absolute atomic E-state index is 0. The number of hydrogen-bond acceptors (Lipinski definition) is 0. The van der Waals surface area contributed by atoms with E-state index in [-0.39, 0.29) is 111 Å². The van der Waals surface area contributed by atoms with Crippen molar-refractivity contribution >= 4 is 0 Å². The van der Waals surface area contributed by atoms with Crippen LogP contribution < -0.4 is 0 Å². The smallest absolute Gasteiger partial charge is 0 e. The molecule has 4 heteroatoms. The predicted octanol–water partition coefficient (Wildman–Crippen LogP) is -0.00750. The first-order chi connectivity index (χ1) is 0. The Hall–Kier alpha value is 3.57. The van der Waals surface area contributed by atoms with Crippen LogP contribution in [0.15, 0.2) is 0 Å². The Morgan fingerprint density at radius 3 is 0.500 bits per heavy atom. The van der Waals surface area contributed by atoms with Crippen molar-refractivity contribution in [3.05, 3.63) is 0 Å². The Kier molecular flexibility index (Phi) is 102. The Morgan fingerprint density at radius 1 is 0.500 bits per heavy atom. The van der Waals surface area contributed by atoms with Gasteiger partial charge in [0.2, 0.25) is 0 Å². The van der Waals surface area contributed by atoms with Gasteiger partial charge in [0, 0.05) is 111 Å². The summed E-state index contributed by atoms with van der Waals surface area (Å²) in [6.07, 6.45) is 0. The first kappa shape index (κ1) is 25.6. The minimum atomic E-state index is 0. The fourth-order valence-corrected chi connectivity index (χ4v) is 0. The average Bonchev–Trinajstić information content (AvgIpc) is 0. The van der Waals surface area contributed by atoms with E-state index in [0.717, 1.165) is 0 Å². The topological polar surface area (TPSA) is 0 Å². The van der Waals surface area contributed by atoms with Gasteiger partial charge in [0.15, 0.2) is 0 Å². The SMILES string of the molecule is [Eu].[Pd].[Pd].[Pd]. The average molecular weight is 471 g/mol. The molecule has 0 aromatic rings. The zero-order valence-electron chi connectivity index (χ0n) is 1.33. The van der Waals surface area contributed by atoms with Crippen LogP contribution in [0, 0.1) is 49.4 Å². The van der Waals surface area contributed by atoms with E-state index in [2.05, 4.69) is 0 Å². The molecule has 0 unspecified atom stereocenters. The van der Waals surface area contributed by atoms with Crippen LogP contribution in [-0.4, -0.2) is 0 Å². The van der Waals surface area contributed by atoms with Crippen molar-refractivity contribution in [2.75, 3.05) is 0 Å². The molecule has 0 saturated heterocycles. The summed E-state index contributed by atoms with van der Waals surface area (Å²) >= 11 is 0. The second-order valence-electron chi connectivity index (χ2n) is 0. The standard InChI is InChI=1S/Eu.3Pd. The largest absolute Gasteiger partial charge is 0 e. The van der Waals surface area contributed by atoms with Crippen LogP contribution in [0.1, 0.15) is 0 Å². The summed E-state index contributed by atoms with van der Waals surface area (Å²) in [4.78, 5) is 0. The molecule has 0 nitrogen and oxygen atoms in total. The third-order valence-corrected chi connectivity index (χ3v) is 0. The summed E-state index contributed by atoms with van der Waals surface area (Å²) in [7, 11) is 0. The molecule has 0 aliphatic rings. The molecule has 1 radical (unpaired) electrons. The van der Waals surface area contributed by atoms with Crippen LogP contribution in [0.25, 0.3) is 0 Å². The fourth-order valence-electron chi connectivity index (χ4n) is 0. The molecule has 0 amide bonds. The summed E-state index contributed by atoms with van der Waals surface area (Å²) in [5.74, 6) is 0. The maximum Gasteiger partial charge on any atom is 0 e. The molecule has 37 valence electrons. The van der Waals surface area contributed by atoms with Gasteiger partial charge in [-0.1, -0.05) is 0 Å². The first-order valence-corrected chi connectivity index (χ1v) is 0. The molecule has 0 atom stereocenters. The van der Waals surface area contributed by atoms with E-state index in [0.29, 0.717) is 0 Å². The van der Waals surface area contributed by atoms with Gasteiger partial charge in [-0.05, 0) is 0 Å². The molecule has 0 heterocycles. The van der Waals surface area contributed by atoms with Crippen LogP contribution >= 0.6 is 0 Å². The molecule has 0 rings (SSSR count). The minimum Gasteiger partial charge on any atom is 0 e. The van der Waals surface area contributed by atoms with Crippen molar-refractivity contribution in [2.45, 2.75) is 0 Å². The normalized spacial score (nSPS) is 0. The van der Waals surface area contributed by atoms with Crippen molar-refractivity contribution in [1.29, 1.82) is 0 Å². The summed E-state index contributed by atoms with van der Waals surface area (Å²) in [5.41, 5.74) is 0. The quantitative estimate of drug-likeness (QED) is 0.437. The Balaban J connectivity index is 0. The zero-order chi connectivity index (χ0) is 0. The molecule has 0 saturated carbocycles. The maximum atomic E-state index is 0. The second-order valence-corrected chi connectivity index (χ2v) is 0. The van der Waals surface area contributed by atoms with Crippen LogP contribution in [0.2, 0.25) is 0 Å². The van der Waals surface area contributed by atoms with Crippen LogP contribution in [0.3, 0.4) is 0 Å². The van der Waals surface area contributed by atoms with Gasteiger partial charge in [0.25, 0.3) is 0 Å². The third-order valence-electron chi connectivity index (χ3n) is 0. The molecule has 0 fully saturated rings. The van der Waals surface area contributed by atoms with E-state index in [1.165, 1.54) is 0 Å². The van der Waals surface area contributed by atoms with E-state index in [9.17, 15) is 0 Å².